The Hall–Kier alpha value is -1.90. The monoisotopic (exact) mass is 408 g/mol. The summed E-state index contributed by atoms with van der Waals surface area (Å²) in [4.78, 5) is 14.3. The molecule has 1 aromatic heterocycles. The maximum absolute atomic E-state index is 12.9. The summed E-state index contributed by atoms with van der Waals surface area (Å²) in [5, 5.41) is 2.80. The second-order valence-corrected chi connectivity index (χ2v) is 9.65. The molecule has 0 bridgehead atoms. The predicted octanol–water partition coefficient (Wildman–Crippen LogP) is 3.88. The SMILES string of the molecule is CCOc1ccc(S(=O)(=O)N2CCCCC2)cc1NC(=O)c1ccc(C)s1. The van der Waals surface area contributed by atoms with Gasteiger partial charge >= 0.3 is 0 Å². The van der Waals surface area contributed by atoms with E-state index in [2.05, 4.69) is 5.32 Å². The van der Waals surface area contributed by atoms with Crippen molar-refractivity contribution in [3.05, 3.63) is 40.1 Å². The molecule has 8 heteroatoms. The van der Waals surface area contributed by atoms with Gasteiger partial charge in [0.15, 0.2) is 0 Å². The van der Waals surface area contributed by atoms with Gasteiger partial charge in [-0.3, -0.25) is 4.79 Å². The number of carbonyl (C=O) groups is 1. The van der Waals surface area contributed by atoms with Gasteiger partial charge in [0.2, 0.25) is 10.0 Å². The van der Waals surface area contributed by atoms with Crippen LogP contribution in [-0.2, 0) is 10.0 Å². The van der Waals surface area contributed by atoms with E-state index in [4.69, 9.17) is 4.74 Å². The molecule has 1 saturated heterocycles. The van der Waals surface area contributed by atoms with Gasteiger partial charge in [-0.05, 0) is 57.0 Å². The number of hydrogen-bond acceptors (Lipinski definition) is 5. The van der Waals surface area contributed by atoms with Crippen LogP contribution in [0.1, 0.15) is 40.7 Å². The van der Waals surface area contributed by atoms with E-state index in [1.165, 1.54) is 21.7 Å². The molecule has 1 amide bonds. The number of thiophene rings is 1. The number of rotatable bonds is 6. The first-order valence-electron chi connectivity index (χ1n) is 9.06. The number of nitrogens with one attached hydrogen (secondary N) is 1. The molecule has 6 nitrogen and oxygen atoms in total. The fourth-order valence-electron chi connectivity index (χ4n) is 3.04. The van der Waals surface area contributed by atoms with Gasteiger partial charge in [-0.1, -0.05) is 6.42 Å². The van der Waals surface area contributed by atoms with Crippen molar-refractivity contribution < 1.29 is 17.9 Å². The number of anilines is 1. The lowest BCUT2D eigenvalue weighted by Crippen LogP contribution is -2.35. The summed E-state index contributed by atoms with van der Waals surface area (Å²) in [6, 6.07) is 8.27. The Labute approximate surface area is 164 Å². The highest BCUT2D eigenvalue weighted by Gasteiger charge is 2.27. The highest BCUT2D eigenvalue weighted by molar-refractivity contribution is 7.89. The van der Waals surface area contributed by atoms with Crippen molar-refractivity contribution in [3.63, 3.8) is 0 Å². The molecule has 27 heavy (non-hydrogen) atoms. The highest BCUT2D eigenvalue weighted by Crippen LogP contribution is 2.31. The van der Waals surface area contributed by atoms with E-state index >= 15 is 0 Å². The third-order valence-electron chi connectivity index (χ3n) is 4.42. The van der Waals surface area contributed by atoms with Crippen LogP contribution in [-0.4, -0.2) is 38.3 Å². The molecule has 2 heterocycles. The van der Waals surface area contributed by atoms with Crippen LogP contribution in [0.3, 0.4) is 0 Å². The maximum Gasteiger partial charge on any atom is 0.265 e. The zero-order valence-corrected chi connectivity index (χ0v) is 17.2. The minimum absolute atomic E-state index is 0.172. The molecule has 1 fully saturated rings. The summed E-state index contributed by atoms with van der Waals surface area (Å²) >= 11 is 1.39. The fourth-order valence-corrected chi connectivity index (χ4v) is 5.35. The van der Waals surface area contributed by atoms with Gasteiger partial charge in [0.25, 0.3) is 5.91 Å². The number of benzene rings is 1. The summed E-state index contributed by atoms with van der Waals surface area (Å²) in [5.74, 6) is 0.179. The van der Waals surface area contributed by atoms with Crippen molar-refractivity contribution >= 4 is 33.0 Å². The Bertz CT molecular complexity index is 916. The van der Waals surface area contributed by atoms with E-state index in [-0.39, 0.29) is 10.8 Å². The average Bonchev–Trinajstić information content (AvgIpc) is 3.10. The summed E-state index contributed by atoms with van der Waals surface area (Å²) < 4.78 is 33.0. The zero-order valence-electron chi connectivity index (χ0n) is 15.5. The number of nitrogens with zero attached hydrogens (tertiary/aromatic N) is 1. The first kappa shape index (κ1) is 19.9. The van der Waals surface area contributed by atoms with Crippen molar-refractivity contribution in [2.24, 2.45) is 0 Å². The van der Waals surface area contributed by atoms with Gasteiger partial charge in [0, 0.05) is 18.0 Å². The maximum atomic E-state index is 12.9. The first-order chi connectivity index (χ1) is 12.9. The molecule has 0 atom stereocenters. The number of amides is 1. The lowest BCUT2D eigenvalue weighted by molar-refractivity contribution is 0.103. The van der Waals surface area contributed by atoms with Crippen molar-refractivity contribution in [2.45, 2.75) is 38.0 Å². The van der Waals surface area contributed by atoms with E-state index < -0.39 is 10.0 Å². The molecule has 2 aromatic rings. The third kappa shape index (κ3) is 4.51. The average molecular weight is 409 g/mol. The summed E-state index contributed by atoms with van der Waals surface area (Å²) in [7, 11) is -3.58. The van der Waals surface area contributed by atoms with Crippen LogP contribution >= 0.6 is 11.3 Å². The van der Waals surface area contributed by atoms with Gasteiger partial charge in [-0.25, -0.2) is 8.42 Å². The predicted molar refractivity (Wildman–Crippen MR) is 107 cm³/mol. The largest absolute Gasteiger partial charge is 0.492 e. The molecule has 1 N–H and O–H groups in total. The minimum Gasteiger partial charge on any atom is -0.492 e. The van der Waals surface area contributed by atoms with Gasteiger partial charge in [-0.15, -0.1) is 11.3 Å². The molecule has 1 aliphatic rings. The molecule has 0 spiro atoms. The summed E-state index contributed by atoms with van der Waals surface area (Å²) in [5.41, 5.74) is 0.367. The molecular formula is C19H24N2O4S2. The minimum atomic E-state index is -3.58. The number of piperidine rings is 1. The van der Waals surface area contributed by atoms with Crippen molar-refractivity contribution in [1.82, 2.24) is 4.31 Å². The second kappa shape index (κ2) is 8.41. The fraction of sp³-hybridized carbons (Fsp3) is 0.421. The van der Waals surface area contributed by atoms with Crippen LogP contribution < -0.4 is 10.1 Å². The lowest BCUT2D eigenvalue weighted by Gasteiger charge is -2.26. The van der Waals surface area contributed by atoms with E-state index in [9.17, 15) is 13.2 Å². The van der Waals surface area contributed by atoms with Gasteiger partial charge in [0.05, 0.1) is 22.1 Å². The van der Waals surface area contributed by atoms with Crippen molar-refractivity contribution in [1.29, 1.82) is 0 Å². The van der Waals surface area contributed by atoms with Gasteiger partial charge in [0.1, 0.15) is 5.75 Å². The van der Waals surface area contributed by atoms with Crippen LogP contribution in [0, 0.1) is 6.92 Å². The standard InChI is InChI=1S/C19H24N2O4S2/c1-3-25-17-9-8-15(27(23,24)21-11-5-4-6-12-21)13-16(17)20-19(22)18-10-7-14(2)26-18/h7-10,13H,3-6,11-12H2,1-2H3,(H,20,22). The van der Waals surface area contributed by atoms with Gasteiger partial charge < -0.3 is 10.1 Å². The Kier molecular flexibility index (Phi) is 6.18. The summed E-state index contributed by atoms with van der Waals surface area (Å²) in [6.45, 7) is 5.25. The number of ether oxygens (including phenoxy) is 1. The Morgan fingerprint density at radius 3 is 2.56 bits per heavy atom. The topological polar surface area (TPSA) is 75.7 Å². The van der Waals surface area contributed by atoms with Crippen LogP contribution in [0.25, 0.3) is 0 Å². The molecule has 0 radical (unpaired) electrons. The van der Waals surface area contributed by atoms with Crippen molar-refractivity contribution in [2.75, 3.05) is 25.0 Å². The molecule has 0 unspecified atom stereocenters. The first-order valence-corrected chi connectivity index (χ1v) is 11.3. The number of carbonyl (C=O) groups excluding carboxylic acids is 1. The molecule has 0 saturated carbocycles. The molecule has 1 aromatic carbocycles. The van der Waals surface area contributed by atoms with E-state index in [0.29, 0.717) is 36.0 Å². The molecule has 0 aliphatic carbocycles. The third-order valence-corrected chi connectivity index (χ3v) is 7.31. The zero-order chi connectivity index (χ0) is 19.4. The number of aryl methyl sites for hydroxylation is 1. The molecule has 3 rings (SSSR count). The summed E-state index contributed by atoms with van der Waals surface area (Å²) in [6.07, 6.45) is 2.80. The van der Waals surface area contributed by atoms with Crippen molar-refractivity contribution in [3.8, 4) is 5.75 Å². The van der Waals surface area contributed by atoms with Crippen LogP contribution in [0.2, 0.25) is 0 Å². The van der Waals surface area contributed by atoms with E-state index in [1.54, 1.807) is 18.2 Å². The van der Waals surface area contributed by atoms with Gasteiger partial charge in [-0.2, -0.15) is 4.31 Å². The van der Waals surface area contributed by atoms with Crippen LogP contribution in [0.15, 0.2) is 35.2 Å². The normalized spacial score (nSPS) is 15.5. The Morgan fingerprint density at radius 1 is 1.19 bits per heavy atom. The number of hydrogen-bond donors (Lipinski definition) is 1. The Balaban J connectivity index is 1.91. The molecule has 146 valence electrons. The van der Waals surface area contributed by atoms with E-state index in [0.717, 1.165) is 24.1 Å². The van der Waals surface area contributed by atoms with Crippen LogP contribution in [0.4, 0.5) is 5.69 Å². The molecule has 1 aliphatic heterocycles. The van der Waals surface area contributed by atoms with E-state index in [1.807, 2.05) is 19.9 Å². The number of sulfonamides is 1. The molecular weight excluding hydrogens is 384 g/mol. The smallest absolute Gasteiger partial charge is 0.265 e. The second-order valence-electron chi connectivity index (χ2n) is 6.42. The van der Waals surface area contributed by atoms with Crippen LogP contribution in [0.5, 0.6) is 5.75 Å². The Morgan fingerprint density at radius 2 is 1.93 bits per heavy atom. The lowest BCUT2D eigenvalue weighted by atomic mass is 10.2. The quantitative estimate of drug-likeness (QED) is 0.787. The highest BCUT2D eigenvalue weighted by atomic mass is 32.2.